The monoisotopic (exact) mass is 375 g/mol. The van der Waals surface area contributed by atoms with E-state index in [1.807, 2.05) is 26.8 Å². The minimum atomic E-state index is -0.492. The van der Waals surface area contributed by atoms with Gasteiger partial charge in [0, 0.05) is 24.3 Å². The van der Waals surface area contributed by atoms with Crippen molar-refractivity contribution in [1.82, 2.24) is 10.3 Å². The van der Waals surface area contributed by atoms with Crippen molar-refractivity contribution in [2.45, 2.75) is 77.1 Å². The van der Waals surface area contributed by atoms with E-state index < -0.39 is 5.60 Å². The highest BCUT2D eigenvalue weighted by Crippen LogP contribution is 2.38. The molecule has 27 heavy (non-hydrogen) atoms. The molecular weight excluding hydrogens is 346 g/mol. The molecule has 2 bridgehead atoms. The number of carbonyl (C=O) groups excluding carboxylic acids is 2. The van der Waals surface area contributed by atoms with Crippen LogP contribution in [-0.2, 0) is 9.47 Å². The molecule has 3 heterocycles. The lowest BCUT2D eigenvalue weighted by atomic mass is 9.97. The molecule has 2 saturated heterocycles. The van der Waals surface area contributed by atoms with Crippen LogP contribution in [0.5, 0.6) is 0 Å². The number of carbonyl (C=O) groups is 2. The summed E-state index contributed by atoms with van der Waals surface area (Å²) < 4.78 is 10.4. The molecule has 0 aromatic carbocycles. The molecule has 0 aliphatic carbocycles. The maximum absolute atomic E-state index is 12.1. The normalized spacial score (nSPS) is 24.4. The molecule has 148 valence electrons. The molecular formula is C20H29N3O4. The van der Waals surface area contributed by atoms with Crippen molar-refractivity contribution in [1.29, 1.82) is 0 Å². The molecule has 2 fully saturated rings. The van der Waals surface area contributed by atoms with Gasteiger partial charge in [-0.2, -0.15) is 0 Å². The zero-order chi connectivity index (χ0) is 19.6. The third-order valence-corrected chi connectivity index (χ3v) is 4.98. The van der Waals surface area contributed by atoms with Crippen LogP contribution < -0.4 is 10.2 Å². The average Bonchev–Trinajstić information content (AvgIpc) is 2.84. The maximum Gasteiger partial charge on any atom is 0.407 e. The fourth-order valence-electron chi connectivity index (χ4n) is 4.02. The summed E-state index contributed by atoms with van der Waals surface area (Å²) in [4.78, 5) is 30.7. The van der Waals surface area contributed by atoms with E-state index in [0.717, 1.165) is 31.5 Å². The molecule has 1 N–H and O–H groups in total. The third-order valence-electron chi connectivity index (χ3n) is 4.98. The molecule has 3 rings (SSSR count). The average molecular weight is 375 g/mol. The van der Waals surface area contributed by atoms with E-state index in [2.05, 4.69) is 15.2 Å². The first-order valence-electron chi connectivity index (χ1n) is 9.68. The van der Waals surface area contributed by atoms with Crippen LogP contribution in [0.15, 0.2) is 18.3 Å². The summed E-state index contributed by atoms with van der Waals surface area (Å²) in [5.41, 5.74) is -0.0246. The van der Waals surface area contributed by atoms with Crippen molar-refractivity contribution >= 4 is 17.9 Å². The van der Waals surface area contributed by atoms with Crippen molar-refractivity contribution in [3.8, 4) is 0 Å². The summed E-state index contributed by atoms with van der Waals surface area (Å²) in [6.07, 6.45) is 5.14. The second-order valence-corrected chi connectivity index (χ2v) is 8.23. The number of esters is 1. The number of anilines is 1. The van der Waals surface area contributed by atoms with E-state index in [4.69, 9.17) is 9.47 Å². The van der Waals surface area contributed by atoms with Crippen LogP contribution in [0.3, 0.4) is 0 Å². The smallest absolute Gasteiger partial charge is 0.407 e. The standard InChI is InChI=1S/C20H29N3O4/c1-5-26-18(24)13-6-9-17(21-12-13)23-15-7-8-16(23)11-14(10-15)22-19(25)27-20(2,3)4/h6,9,12,14-16H,5,7-8,10-11H2,1-4H3,(H,22,25)/t14-,15+,16-. The maximum atomic E-state index is 12.1. The molecule has 2 aliphatic heterocycles. The van der Waals surface area contributed by atoms with E-state index in [-0.39, 0.29) is 18.1 Å². The molecule has 0 unspecified atom stereocenters. The highest BCUT2D eigenvalue weighted by molar-refractivity contribution is 5.89. The topological polar surface area (TPSA) is 80.8 Å². The number of amides is 1. The molecule has 7 heteroatoms. The number of aromatic nitrogens is 1. The Morgan fingerprint density at radius 3 is 2.41 bits per heavy atom. The summed E-state index contributed by atoms with van der Waals surface area (Å²) in [7, 11) is 0. The molecule has 1 aromatic rings. The van der Waals surface area contributed by atoms with Gasteiger partial charge < -0.3 is 19.7 Å². The highest BCUT2D eigenvalue weighted by atomic mass is 16.6. The summed E-state index contributed by atoms with van der Waals surface area (Å²) in [5, 5.41) is 3.02. The van der Waals surface area contributed by atoms with Crippen LogP contribution in [0.1, 0.15) is 63.7 Å². The second-order valence-electron chi connectivity index (χ2n) is 8.23. The fourth-order valence-corrected chi connectivity index (χ4v) is 4.02. The van der Waals surface area contributed by atoms with E-state index in [0.29, 0.717) is 24.3 Å². The van der Waals surface area contributed by atoms with Crippen LogP contribution in [0.2, 0.25) is 0 Å². The van der Waals surface area contributed by atoms with Gasteiger partial charge in [0.1, 0.15) is 11.4 Å². The zero-order valence-corrected chi connectivity index (χ0v) is 16.5. The van der Waals surface area contributed by atoms with Crippen molar-refractivity contribution in [3.05, 3.63) is 23.9 Å². The number of pyridine rings is 1. The lowest BCUT2D eigenvalue weighted by molar-refractivity contribution is 0.0489. The van der Waals surface area contributed by atoms with Gasteiger partial charge in [-0.25, -0.2) is 14.6 Å². The van der Waals surface area contributed by atoms with E-state index in [1.165, 1.54) is 0 Å². The van der Waals surface area contributed by atoms with Gasteiger partial charge in [-0.3, -0.25) is 0 Å². The number of fused-ring (bicyclic) bond motifs is 2. The third kappa shape index (κ3) is 4.70. The Morgan fingerprint density at radius 1 is 1.22 bits per heavy atom. The van der Waals surface area contributed by atoms with Gasteiger partial charge in [0.05, 0.1) is 12.2 Å². The first-order valence-corrected chi connectivity index (χ1v) is 9.68. The van der Waals surface area contributed by atoms with Crippen molar-refractivity contribution in [2.24, 2.45) is 0 Å². The van der Waals surface area contributed by atoms with Crippen LogP contribution >= 0.6 is 0 Å². The predicted octanol–water partition coefficient (Wildman–Crippen LogP) is 3.28. The van der Waals surface area contributed by atoms with Crippen molar-refractivity contribution in [2.75, 3.05) is 11.5 Å². The molecule has 7 nitrogen and oxygen atoms in total. The molecule has 2 aliphatic rings. The van der Waals surface area contributed by atoms with Gasteiger partial charge in [0.2, 0.25) is 0 Å². The van der Waals surface area contributed by atoms with Crippen LogP contribution in [0.25, 0.3) is 0 Å². The highest BCUT2D eigenvalue weighted by Gasteiger charge is 2.42. The summed E-state index contributed by atoms with van der Waals surface area (Å²) in [5.74, 6) is 0.533. The van der Waals surface area contributed by atoms with E-state index in [9.17, 15) is 9.59 Å². The summed E-state index contributed by atoms with van der Waals surface area (Å²) in [6, 6.07) is 4.45. The molecule has 0 radical (unpaired) electrons. The van der Waals surface area contributed by atoms with Crippen LogP contribution in [0.4, 0.5) is 10.6 Å². The molecule has 3 atom stereocenters. The number of rotatable bonds is 4. The number of nitrogens with zero attached hydrogens (tertiary/aromatic N) is 2. The SMILES string of the molecule is CCOC(=O)c1ccc(N2[C@@H]3CC[C@H]2C[C@@H](NC(=O)OC(C)(C)C)C3)nc1. The largest absolute Gasteiger partial charge is 0.462 e. The first-order chi connectivity index (χ1) is 12.8. The Labute approximate surface area is 160 Å². The zero-order valence-electron chi connectivity index (χ0n) is 16.5. The molecule has 0 saturated carbocycles. The van der Waals surface area contributed by atoms with Crippen molar-refractivity contribution in [3.63, 3.8) is 0 Å². The van der Waals surface area contributed by atoms with Gasteiger partial charge in [-0.1, -0.05) is 0 Å². The van der Waals surface area contributed by atoms with Gasteiger partial charge >= 0.3 is 12.1 Å². The number of nitrogens with one attached hydrogen (secondary N) is 1. The lowest BCUT2D eigenvalue weighted by Gasteiger charge is -2.40. The minimum absolute atomic E-state index is 0.118. The van der Waals surface area contributed by atoms with Crippen LogP contribution in [-0.4, -0.2) is 47.4 Å². The van der Waals surface area contributed by atoms with Crippen LogP contribution in [0, 0.1) is 0 Å². The second kappa shape index (κ2) is 7.74. The Bertz CT molecular complexity index is 669. The van der Waals surface area contributed by atoms with Gasteiger partial charge in [0.25, 0.3) is 0 Å². The van der Waals surface area contributed by atoms with Gasteiger partial charge in [-0.05, 0) is 65.5 Å². The summed E-state index contributed by atoms with van der Waals surface area (Å²) >= 11 is 0. The van der Waals surface area contributed by atoms with Gasteiger partial charge in [0.15, 0.2) is 0 Å². The minimum Gasteiger partial charge on any atom is -0.462 e. The molecule has 1 amide bonds. The molecule has 0 spiro atoms. The Hall–Kier alpha value is -2.31. The Morgan fingerprint density at radius 2 is 1.89 bits per heavy atom. The van der Waals surface area contributed by atoms with Gasteiger partial charge in [-0.15, -0.1) is 0 Å². The Balaban J connectivity index is 1.62. The lowest BCUT2D eigenvalue weighted by Crippen LogP contribution is -2.51. The molecule has 1 aromatic heterocycles. The first kappa shape index (κ1) is 19.5. The quantitative estimate of drug-likeness (QED) is 0.814. The number of alkyl carbamates (subject to hydrolysis) is 1. The van der Waals surface area contributed by atoms with E-state index >= 15 is 0 Å². The number of hydrogen-bond donors (Lipinski definition) is 1. The number of piperidine rings is 1. The predicted molar refractivity (Wildman–Crippen MR) is 102 cm³/mol. The number of hydrogen-bond acceptors (Lipinski definition) is 6. The Kier molecular flexibility index (Phi) is 5.58. The number of ether oxygens (including phenoxy) is 2. The van der Waals surface area contributed by atoms with E-state index in [1.54, 1.807) is 19.2 Å². The summed E-state index contributed by atoms with van der Waals surface area (Å²) in [6.45, 7) is 7.73. The fraction of sp³-hybridized carbons (Fsp3) is 0.650. The van der Waals surface area contributed by atoms with Crippen molar-refractivity contribution < 1.29 is 19.1 Å².